The first-order chi connectivity index (χ1) is 8.13. The number of alkyl halides is 1. The number of carbonyl (C=O) groups is 1. The van der Waals surface area contributed by atoms with E-state index in [0.717, 1.165) is 12.2 Å². The topological polar surface area (TPSA) is 29.5 Å². The van der Waals surface area contributed by atoms with E-state index in [9.17, 15) is 4.79 Å². The first kappa shape index (κ1) is 13.8. The highest BCUT2D eigenvalue weighted by atomic mass is 35.5. The van der Waals surface area contributed by atoms with Gasteiger partial charge in [-0.3, -0.25) is 4.79 Å². The van der Waals surface area contributed by atoms with Gasteiger partial charge in [-0.25, -0.2) is 0 Å². The second-order valence-electron chi connectivity index (χ2n) is 3.96. The number of hydrogen-bond acceptors (Lipinski definition) is 2. The molecule has 0 saturated heterocycles. The van der Waals surface area contributed by atoms with Crippen LogP contribution in [-0.4, -0.2) is 36.9 Å². The smallest absolute Gasteiger partial charge is 0.237 e. The number of aryl methyl sites for hydroxylation is 1. The van der Waals surface area contributed by atoms with E-state index in [1.165, 1.54) is 5.56 Å². The highest BCUT2D eigenvalue weighted by molar-refractivity contribution is 6.27. The molecule has 0 radical (unpaired) electrons. The summed E-state index contributed by atoms with van der Waals surface area (Å²) in [4.78, 5) is 12.8. The Balaban J connectivity index is 2.20. The van der Waals surface area contributed by atoms with E-state index in [1.54, 1.807) is 11.9 Å². The Labute approximate surface area is 107 Å². The molecule has 0 aliphatic carbocycles. The number of nitrogens with zero attached hydrogens (tertiary/aromatic N) is 1. The molecule has 0 unspecified atom stereocenters. The molecule has 1 rings (SSSR count). The first-order valence-electron chi connectivity index (χ1n) is 5.63. The van der Waals surface area contributed by atoms with E-state index in [2.05, 4.69) is 0 Å². The summed E-state index contributed by atoms with van der Waals surface area (Å²) in [5.41, 5.74) is 1.21. The number of amides is 1. The maximum atomic E-state index is 11.2. The predicted octanol–water partition coefficient (Wildman–Crippen LogP) is 2.46. The second-order valence-corrected chi connectivity index (χ2v) is 4.23. The van der Waals surface area contributed by atoms with Gasteiger partial charge in [-0.2, -0.15) is 0 Å². The van der Waals surface area contributed by atoms with Gasteiger partial charge >= 0.3 is 0 Å². The summed E-state index contributed by atoms with van der Waals surface area (Å²) < 4.78 is 5.55. The zero-order valence-corrected chi connectivity index (χ0v) is 11.0. The van der Waals surface area contributed by atoms with Gasteiger partial charge < -0.3 is 9.64 Å². The van der Waals surface area contributed by atoms with Crippen molar-refractivity contribution in [1.82, 2.24) is 4.90 Å². The van der Waals surface area contributed by atoms with E-state index in [4.69, 9.17) is 16.3 Å². The maximum Gasteiger partial charge on any atom is 0.237 e. The van der Waals surface area contributed by atoms with Crippen LogP contribution >= 0.6 is 11.6 Å². The summed E-state index contributed by atoms with van der Waals surface area (Å²) in [5, 5.41) is 0. The zero-order valence-electron chi connectivity index (χ0n) is 10.3. The number of ether oxygens (including phenoxy) is 1. The van der Waals surface area contributed by atoms with Gasteiger partial charge in [-0.1, -0.05) is 17.7 Å². The molecule has 1 aromatic carbocycles. The lowest BCUT2D eigenvalue weighted by Crippen LogP contribution is -2.29. The SMILES string of the molecule is Cc1ccc(OCCCN(C)C(=O)CCl)cc1. The Kier molecular flexibility index (Phi) is 5.84. The summed E-state index contributed by atoms with van der Waals surface area (Å²) in [6.07, 6.45) is 0.799. The zero-order chi connectivity index (χ0) is 12.7. The molecule has 0 bridgehead atoms. The van der Waals surface area contributed by atoms with Crippen molar-refractivity contribution < 1.29 is 9.53 Å². The van der Waals surface area contributed by atoms with Crippen LogP contribution in [0.3, 0.4) is 0 Å². The van der Waals surface area contributed by atoms with Crippen LogP contribution < -0.4 is 4.74 Å². The summed E-state index contributed by atoms with van der Waals surface area (Å²) >= 11 is 5.45. The molecule has 0 heterocycles. The third-order valence-electron chi connectivity index (χ3n) is 2.47. The number of rotatable bonds is 6. The van der Waals surface area contributed by atoms with Crippen molar-refractivity contribution in [3.63, 3.8) is 0 Å². The molecule has 17 heavy (non-hydrogen) atoms. The highest BCUT2D eigenvalue weighted by Gasteiger charge is 2.05. The molecule has 0 N–H and O–H groups in total. The number of halogens is 1. The third kappa shape index (κ3) is 5.09. The van der Waals surface area contributed by atoms with Crippen LogP contribution in [0.25, 0.3) is 0 Å². The summed E-state index contributed by atoms with van der Waals surface area (Å²) in [5.74, 6) is 0.846. The standard InChI is InChI=1S/C13H18ClNO2/c1-11-4-6-12(7-5-11)17-9-3-8-15(2)13(16)10-14/h4-7H,3,8-10H2,1-2H3. The maximum absolute atomic E-state index is 11.2. The Morgan fingerprint density at radius 1 is 1.35 bits per heavy atom. The van der Waals surface area contributed by atoms with Gasteiger partial charge in [-0.05, 0) is 25.5 Å². The van der Waals surface area contributed by atoms with Crippen molar-refractivity contribution in [3.05, 3.63) is 29.8 Å². The first-order valence-corrected chi connectivity index (χ1v) is 6.16. The van der Waals surface area contributed by atoms with Crippen molar-refractivity contribution in [1.29, 1.82) is 0 Å². The molecule has 0 atom stereocenters. The molecule has 94 valence electrons. The predicted molar refractivity (Wildman–Crippen MR) is 69.6 cm³/mol. The normalized spacial score (nSPS) is 10.1. The average molecular weight is 256 g/mol. The van der Waals surface area contributed by atoms with Crippen molar-refractivity contribution in [2.24, 2.45) is 0 Å². The second kappa shape index (κ2) is 7.17. The van der Waals surface area contributed by atoms with Gasteiger partial charge in [0.1, 0.15) is 11.6 Å². The van der Waals surface area contributed by atoms with Gasteiger partial charge in [0.15, 0.2) is 0 Å². The van der Waals surface area contributed by atoms with Gasteiger partial charge in [0.2, 0.25) is 5.91 Å². The molecular weight excluding hydrogens is 238 g/mol. The fourth-order valence-corrected chi connectivity index (χ4v) is 1.56. The highest BCUT2D eigenvalue weighted by Crippen LogP contribution is 2.11. The molecular formula is C13H18ClNO2. The average Bonchev–Trinajstić information content (AvgIpc) is 2.35. The van der Waals surface area contributed by atoms with Crippen LogP contribution in [-0.2, 0) is 4.79 Å². The van der Waals surface area contributed by atoms with E-state index in [-0.39, 0.29) is 11.8 Å². The molecule has 0 saturated carbocycles. The largest absolute Gasteiger partial charge is 0.494 e. The van der Waals surface area contributed by atoms with Crippen LogP contribution in [0, 0.1) is 6.92 Å². The molecule has 0 aliphatic rings. The third-order valence-corrected chi connectivity index (χ3v) is 2.70. The van der Waals surface area contributed by atoms with Crippen LogP contribution in [0.5, 0.6) is 5.75 Å². The van der Waals surface area contributed by atoms with Gasteiger partial charge in [-0.15, -0.1) is 11.6 Å². The summed E-state index contributed by atoms with van der Waals surface area (Å²) in [6.45, 7) is 3.30. The number of hydrogen-bond donors (Lipinski definition) is 0. The minimum atomic E-state index is -0.0537. The van der Waals surface area contributed by atoms with Gasteiger partial charge in [0.25, 0.3) is 0 Å². The van der Waals surface area contributed by atoms with E-state index < -0.39 is 0 Å². The van der Waals surface area contributed by atoms with E-state index >= 15 is 0 Å². The number of carbonyl (C=O) groups excluding carboxylic acids is 1. The quantitative estimate of drug-likeness (QED) is 0.577. The molecule has 4 heteroatoms. The Morgan fingerprint density at radius 2 is 2.00 bits per heavy atom. The summed E-state index contributed by atoms with van der Waals surface area (Å²) in [7, 11) is 1.75. The fraction of sp³-hybridized carbons (Fsp3) is 0.462. The summed E-state index contributed by atoms with van der Waals surface area (Å²) in [6, 6.07) is 7.92. The Hall–Kier alpha value is -1.22. The Bertz CT molecular complexity index is 351. The van der Waals surface area contributed by atoms with Crippen molar-refractivity contribution >= 4 is 17.5 Å². The molecule has 0 fully saturated rings. The monoisotopic (exact) mass is 255 g/mol. The van der Waals surface area contributed by atoms with Crippen LogP contribution in [0.15, 0.2) is 24.3 Å². The minimum Gasteiger partial charge on any atom is -0.494 e. The fourth-order valence-electron chi connectivity index (χ4n) is 1.35. The molecule has 0 aliphatic heterocycles. The van der Waals surface area contributed by atoms with Crippen molar-refractivity contribution in [2.45, 2.75) is 13.3 Å². The molecule has 0 spiro atoms. The Morgan fingerprint density at radius 3 is 2.59 bits per heavy atom. The number of benzene rings is 1. The van der Waals surface area contributed by atoms with Gasteiger partial charge in [0, 0.05) is 13.6 Å². The lowest BCUT2D eigenvalue weighted by Gasteiger charge is -2.15. The minimum absolute atomic E-state index is 0.0370. The van der Waals surface area contributed by atoms with Crippen molar-refractivity contribution in [2.75, 3.05) is 26.1 Å². The van der Waals surface area contributed by atoms with Gasteiger partial charge in [0.05, 0.1) is 6.61 Å². The lowest BCUT2D eigenvalue weighted by molar-refractivity contribution is -0.127. The van der Waals surface area contributed by atoms with Crippen LogP contribution in [0.2, 0.25) is 0 Å². The molecule has 0 aromatic heterocycles. The molecule has 1 amide bonds. The van der Waals surface area contributed by atoms with E-state index in [0.29, 0.717) is 13.2 Å². The lowest BCUT2D eigenvalue weighted by atomic mass is 10.2. The van der Waals surface area contributed by atoms with Crippen LogP contribution in [0.4, 0.5) is 0 Å². The molecule has 3 nitrogen and oxygen atoms in total. The molecule has 1 aromatic rings. The van der Waals surface area contributed by atoms with Crippen molar-refractivity contribution in [3.8, 4) is 5.75 Å². The van der Waals surface area contributed by atoms with E-state index in [1.807, 2.05) is 31.2 Å². The van der Waals surface area contributed by atoms with Crippen LogP contribution in [0.1, 0.15) is 12.0 Å².